The van der Waals surface area contributed by atoms with E-state index in [2.05, 4.69) is 15.0 Å². The van der Waals surface area contributed by atoms with Gasteiger partial charge in [0.15, 0.2) is 17.8 Å². The summed E-state index contributed by atoms with van der Waals surface area (Å²) in [7, 11) is 1.62. The first kappa shape index (κ1) is 12.2. The predicted octanol–water partition coefficient (Wildman–Crippen LogP) is 1.70. The van der Waals surface area contributed by atoms with Gasteiger partial charge in [-0.1, -0.05) is 0 Å². The molecule has 19 heavy (non-hydrogen) atoms. The Morgan fingerprint density at radius 1 is 1.32 bits per heavy atom. The minimum absolute atomic E-state index is 0.330. The smallest absolute Gasteiger partial charge is 0.263 e. The first-order valence-corrected chi connectivity index (χ1v) is 6.58. The second kappa shape index (κ2) is 5.05. The van der Waals surface area contributed by atoms with E-state index in [0.29, 0.717) is 5.88 Å². The Morgan fingerprint density at radius 3 is 2.84 bits per heavy atom. The van der Waals surface area contributed by atoms with Gasteiger partial charge >= 0.3 is 0 Å². The maximum Gasteiger partial charge on any atom is 0.263 e. The third-order valence-corrected chi connectivity index (χ3v) is 3.35. The normalized spacial score (nSPS) is 17.1. The van der Waals surface area contributed by atoms with Crippen LogP contribution < -0.4 is 9.64 Å². The number of fused-ring (bicyclic) bond motifs is 1. The fourth-order valence-electron chi connectivity index (χ4n) is 2.30. The van der Waals surface area contributed by atoms with Crippen molar-refractivity contribution in [3.8, 4) is 5.88 Å². The van der Waals surface area contributed by atoms with Crippen LogP contribution in [-0.2, 0) is 4.74 Å². The molecule has 2 aromatic heterocycles. The van der Waals surface area contributed by atoms with Gasteiger partial charge in [0.25, 0.3) is 5.88 Å². The van der Waals surface area contributed by atoms with E-state index in [-0.39, 0.29) is 6.29 Å². The second-order valence-electron chi connectivity index (χ2n) is 4.65. The molecule has 0 spiro atoms. The summed E-state index contributed by atoms with van der Waals surface area (Å²) in [5.41, 5.74) is 0.794. The molecule has 6 nitrogen and oxygen atoms in total. The van der Waals surface area contributed by atoms with Gasteiger partial charge in [-0.05, 0) is 31.9 Å². The summed E-state index contributed by atoms with van der Waals surface area (Å²) in [4.78, 5) is 6.87. The molecule has 102 valence electrons. The fraction of sp³-hybridized carbons (Fsp3) is 0.538. The second-order valence-corrected chi connectivity index (χ2v) is 4.65. The SMILES string of the molecule is COC(C)Oc1c(N2CCCC2)nc2cccnn12. The maximum atomic E-state index is 5.83. The Morgan fingerprint density at radius 2 is 2.11 bits per heavy atom. The lowest BCUT2D eigenvalue weighted by molar-refractivity contribution is -0.0417. The molecule has 1 unspecified atom stereocenters. The molecule has 0 aromatic carbocycles. The molecule has 3 rings (SSSR count). The standard InChI is InChI=1S/C13H18N4O2/c1-10(18-2)19-13-12(16-8-3-4-9-16)15-11-6-5-7-14-17(11)13/h5-7,10H,3-4,8-9H2,1-2H3. The van der Waals surface area contributed by atoms with Crippen LogP contribution in [0, 0.1) is 0 Å². The Bertz CT molecular complexity index is 563. The van der Waals surface area contributed by atoms with Gasteiger partial charge < -0.3 is 14.4 Å². The lowest BCUT2D eigenvalue weighted by atomic mass is 10.4. The molecule has 6 heteroatoms. The minimum atomic E-state index is -0.330. The molecule has 1 saturated heterocycles. The molecule has 0 amide bonds. The van der Waals surface area contributed by atoms with Gasteiger partial charge in [0, 0.05) is 26.4 Å². The minimum Gasteiger partial charge on any atom is -0.445 e. The van der Waals surface area contributed by atoms with Crippen LogP contribution in [0.3, 0.4) is 0 Å². The molecule has 2 aromatic rings. The predicted molar refractivity (Wildman–Crippen MR) is 71.5 cm³/mol. The van der Waals surface area contributed by atoms with Gasteiger partial charge in [0.1, 0.15) is 0 Å². The maximum absolute atomic E-state index is 5.83. The summed E-state index contributed by atoms with van der Waals surface area (Å²) in [6.45, 7) is 3.89. The zero-order valence-electron chi connectivity index (χ0n) is 11.2. The number of anilines is 1. The molecule has 0 saturated carbocycles. The lowest BCUT2D eigenvalue weighted by Gasteiger charge is -2.18. The van der Waals surface area contributed by atoms with Gasteiger partial charge in [0.2, 0.25) is 0 Å². The zero-order chi connectivity index (χ0) is 13.2. The highest BCUT2D eigenvalue weighted by Gasteiger charge is 2.24. The Hall–Kier alpha value is -1.82. The first-order chi connectivity index (χ1) is 9.29. The van der Waals surface area contributed by atoms with Crippen LogP contribution in [0.1, 0.15) is 19.8 Å². The fourth-order valence-corrected chi connectivity index (χ4v) is 2.30. The van der Waals surface area contributed by atoms with Crippen LogP contribution in [0.15, 0.2) is 18.3 Å². The van der Waals surface area contributed by atoms with Crippen LogP contribution in [0.25, 0.3) is 5.65 Å². The van der Waals surface area contributed by atoms with Crippen LogP contribution in [-0.4, -0.2) is 41.1 Å². The van der Waals surface area contributed by atoms with Gasteiger partial charge in [0.05, 0.1) is 0 Å². The van der Waals surface area contributed by atoms with Crippen LogP contribution in [0.5, 0.6) is 5.88 Å². The number of nitrogens with zero attached hydrogens (tertiary/aromatic N) is 4. The summed E-state index contributed by atoms with van der Waals surface area (Å²) >= 11 is 0. The summed E-state index contributed by atoms with van der Waals surface area (Å²) in [5, 5.41) is 4.31. The van der Waals surface area contributed by atoms with Crippen LogP contribution in [0.2, 0.25) is 0 Å². The van der Waals surface area contributed by atoms with Gasteiger partial charge in [-0.3, -0.25) is 0 Å². The molecule has 0 N–H and O–H groups in total. The molecule has 1 aliphatic rings. The highest BCUT2D eigenvalue weighted by molar-refractivity contribution is 5.59. The molecule has 0 radical (unpaired) electrons. The summed E-state index contributed by atoms with van der Waals surface area (Å²) in [5.74, 6) is 1.52. The number of imidazole rings is 1. The topological polar surface area (TPSA) is 51.9 Å². The molecule has 0 aliphatic carbocycles. The Balaban J connectivity index is 2.05. The van der Waals surface area contributed by atoms with Crippen LogP contribution >= 0.6 is 0 Å². The molecule has 0 bridgehead atoms. The van der Waals surface area contributed by atoms with Crippen molar-refractivity contribution >= 4 is 11.5 Å². The van der Waals surface area contributed by atoms with E-state index in [1.54, 1.807) is 17.8 Å². The lowest BCUT2D eigenvalue weighted by Crippen LogP contribution is -2.21. The summed E-state index contributed by atoms with van der Waals surface area (Å²) < 4.78 is 12.7. The third kappa shape index (κ3) is 2.23. The number of ether oxygens (including phenoxy) is 2. The van der Waals surface area contributed by atoms with Gasteiger partial charge in [-0.25, -0.2) is 4.98 Å². The Kier molecular flexibility index (Phi) is 3.25. The van der Waals surface area contributed by atoms with E-state index in [9.17, 15) is 0 Å². The van der Waals surface area contributed by atoms with Crippen molar-refractivity contribution in [2.45, 2.75) is 26.1 Å². The number of hydrogen-bond acceptors (Lipinski definition) is 5. The highest BCUT2D eigenvalue weighted by atomic mass is 16.7. The summed E-state index contributed by atoms with van der Waals surface area (Å²) in [6, 6.07) is 3.80. The Labute approximate surface area is 111 Å². The average Bonchev–Trinajstić information content (AvgIpc) is 3.06. The van der Waals surface area contributed by atoms with E-state index in [4.69, 9.17) is 9.47 Å². The van der Waals surface area contributed by atoms with Gasteiger partial charge in [-0.15, -0.1) is 0 Å². The zero-order valence-corrected chi connectivity index (χ0v) is 11.2. The van der Waals surface area contributed by atoms with Crippen molar-refractivity contribution in [2.24, 2.45) is 0 Å². The van der Waals surface area contributed by atoms with Crippen molar-refractivity contribution in [1.29, 1.82) is 0 Å². The van der Waals surface area contributed by atoms with Gasteiger partial charge in [-0.2, -0.15) is 9.61 Å². The molecule has 3 heterocycles. The van der Waals surface area contributed by atoms with Crippen molar-refractivity contribution in [2.75, 3.05) is 25.1 Å². The van der Waals surface area contributed by atoms with Crippen molar-refractivity contribution in [3.63, 3.8) is 0 Å². The molecule has 1 aliphatic heterocycles. The summed E-state index contributed by atoms with van der Waals surface area (Å²) in [6.07, 6.45) is 3.79. The number of rotatable bonds is 4. The van der Waals surface area contributed by atoms with E-state index >= 15 is 0 Å². The number of methoxy groups -OCH3 is 1. The number of hydrogen-bond donors (Lipinski definition) is 0. The monoisotopic (exact) mass is 262 g/mol. The highest BCUT2D eigenvalue weighted by Crippen LogP contribution is 2.31. The van der Waals surface area contributed by atoms with Crippen molar-refractivity contribution < 1.29 is 9.47 Å². The van der Waals surface area contributed by atoms with Crippen LogP contribution in [0.4, 0.5) is 5.82 Å². The van der Waals surface area contributed by atoms with E-state index in [1.165, 1.54) is 12.8 Å². The van der Waals surface area contributed by atoms with Crippen molar-refractivity contribution in [1.82, 2.24) is 14.6 Å². The first-order valence-electron chi connectivity index (χ1n) is 6.58. The van der Waals surface area contributed by atoms with E-state index in [1.807, 2.05) is 19.1 Å². The quantitative estimate of drug-likeness (QED) is 0.785. The molecular formula is C13H18N4O2. The van der Waals surface area contributed by atoms with E-state index < -0.39 is 0 Å². The molecular weight excluding hydrogens is 244 g/mol. The molecule has 1 atom stereocenters. The molecule has 1 fully saturated rings. The largest absolute Gasteiger partial charge is 0.445 e. The number of aromatic nitrogens is 3. The third-order valence-electron chi connectivity index (χ3n) is 3.35. The van der Waals surface area contributed by atoms with Crippen molar-refractivity contribution in [3.05, 3.63) is 18.3 Å². The van der Waals surface area contributed by atoms with E-state index in [0.717, 1.165) is 24.6 Å². The average molecular weight is 262 g/mol.